The molecule has 0 radical (unpaired) electrons. The predicted molar refractivity (Wildman–Crippen MR) is 139 cm³/mol. The quantitative estimate of drug-likeness (QED) is 0.156. The van der Waals surface area contributed by atoms with E-state index in [-0.39, 0.29) is 40.9 Å². The van der Waals surface area contributed by atoms with Gasteiger partial charge in [-0.2, -0.15) is 0 Å². The molecule has 0 saturated heterocycles. The van der Waals surface area contributed by atoms with Crippen molar-refractivity contribution in [1.82, 2.24) is 9.78 Å². The lowest BCUT2D eigenvalue weighted by molar-refractivity contribution is -0.385. The second-order valence-electron chi connectivity index (χ2n) is 9.13. The summed E-state index contributed by atoms with van der Waals surface area (Å²) in [5.74, 6) is 0.0526. The van der Waals surface area contributed by atoms with Crippen molar-refractivity contribution < 1.29 is 28.9 Å². The molecule has 4 aromatic rings. The molecule has 1 saturated carbocycles. The summed E-state index contributed by atoms with van der Waals surface area (Å²) >= 11 is 0. The van der Waals surface area contributed by atoms with Crippen LogP contribution < -0.4 is 14.2 Å². The Morgan fingerprint density at radius 1 is 0.974 bits per heavy atom. The molecule has 39 heavy (non-hydrogen) atoms. The normalized spacial score (nSPS) is 13.4. The minimum absolute atomic E-state index is 0.0409. The van der Waals surface area contributed by atoms with Crippen LogP contribution in [0.3, 0.4) is 0 Å². The van der Waals surface area contributed by atoms with Gasteiger partial charge < -0.3 is 14.2 Å². The molecule has 1 fully saturated rings. The second-order valence-corrected chi connectivity index (χ2v) is 9.13. The third-order valence-corrected chi connectivity index (χ3v) is 6.55. The van der Waals surface area contributed by atoms with Gasteiger partial charge in [0, 0.05) is 24.3 Å². The standard InChI is InChI=1S/C27H24N4O8/c1-37-24-12-9-18(14-25(24)38-21-7-2-3-8-21)27(32)39-26-22-15-20(31(35)36)10-11-23(22)29(28-26)16-17-5-4-6-19(13-17)30(33)34/h4-6,9-15,21H,2-3,7-8,16H2,1H3. The summed E-state index contributed by atoms with van der Waals surface area (Å²) < 4.78 is 18.6. The van der Waals surface area contributed by atoms with E-state index in [1.54, 1.807) is 24.3 Å². The molecular weight excluding hydrogens is 508 g/mol. The molecule has 0 N–H and O–H groups in total. The highest BCUT2D eigenvalue weighted by Crippen LogP contribution is 2.34. The molecule has 5 rings (SSSR count). The molecule has 0 spiro atoms. The Balaban J connectivity index is 1.47. The Kier molecular flexibility index (Phi) is 7.08. The van der Waals surface area contributed by atoms with E-state index in [1.807, 2.05) is 0 Å². The maximum Gasteiger partial charge on any atom is 0.345 e. The van der Waals surface area contributed by atoms with Crippen LogP contribution in [0.4, 0.5) is 11.4 Å². The first-order valence-electron chi connectivity index (χ1n) is 12.3. The summed E-state index contributed by atoms with van der Waals surface area (Å²) in [6.07, 6.45) is 4.04. The van der Waals surface area contributed by atoms with Gasteiger partial charge in [-0.05, 0) is 55.5 Å². The molecule has 12 heteroatoms. The Hall–Kier alpha value is -5.00. The minimum atomic E-state index is -0.734. The average Bonchev–Trinajstić information content (AvgIpc) is 3.56. The Labute approximate surface area is 222 Å². The zero-order valence-corrected chi connectivity index (χ0v) is 20.9. The van der Waals surface area contributed by atoms with Crippen molar-refractivity contribution in [2.45, 2.75) is 38.3 Å². The van der Waals surface area contributed by atoms with E-state index < -0.39 is 15.8 Å². The van der Waals surface area contributed by atoms with Crippen LogP contribution in [0, 0.1) is 20.2 Å². The minimum Gasteiger partial charge on any atom is -0.493 e. The number of fused-ring (bicyclic) bond motifs is 1. The number of rotatable bonds is 9. The lowest BCUT2D eigenvalue weighted by Crippen LogP contribution is -2.14. The highest BCUT2D eigenvalue weighted by atomic mass is 16.6. The number of hydrogen-bond donors (Lipinski definition) is 0. The lowest BCUT2D eigenvalue weighted by atomic mass is 10.2. The van der Waals surface area contributed by atoms with E-state index >= 15 is 0 Å². The monoisotopic (exact) mass is 532 g/mol. The molecule has 0 bridgehead atoms. The van der Waals surface area contributed by atoms with Gasteiger partial charge >= 0.3 is 5.97 Å². The molecule has 0 aliphatic heterocycles. The summed E-state index contributed by atoms with van der Waals surface area (Å²) in [5, 5.41) is 27.2. The summed E-state index contributed by atoms with van der Waals surface area (Å²) in [5.41, 5.74) is 0.937. The van der Waals surface area contributed by atoms with Gasteiger partial charge in [-0.15, -0.1) is 5.10 Å². The van der Waals surface area contributed by atoms with Crippen LogP contribution in [0.15, 0.2) is 60.7 Å². The van der Waals surface area contributed by atoms with Crippen LogP contribution in [0.25, 0.3) is 10.9 Å². The van der Waals surface area contributed by atoms with E-state index in [0.717, 1.165) is 25.7 Å². The maximum absolute atomic E-state index is 13.2. The van der Waals surface area contributed by atoms with Crippen LogP contribution in [-0.2, 0) is 6.54 Å². The molecule has 1 aromatic heterocycles. The number of benzene rings is 3. The van der Waals surface area contributed by atoms with Crippen molar-refractivity contribution >= 4 is 28.2 Å². The molecule has 1 aliphatic carbocycles. The van der Waals surface area contributed by atoms with E-state index in [9.17, 15) is 25.0 Å². The number of nitro groups is 2. The topological polar surface area (TPSA) is 149 Å². The largest absolute Gasteiger partial charge is 0.493 e. The molecule has 0 atom stereocenters. The van der Waals surface area contributed by atoms with E-state index in [2.05, 4.69) is 5.10 Å². The first kappa shape index (κ1) is 25.6. The lowest BCUT2D eigenvalue weighted by Gasteiger charge is -2.16. The van der Waals surface area contributed by atoms with Crippen molar-refractivity contribution in [3.8, 4) is 17.4 Å². The predicted octanol–water partition coefficient (Wildman–Crippen LogP) is 5.45. The smallest absolute Gasteiger partial charge is 0.345 e. The molecule has 1 aliphatic rings. The highest BCUT2D eigenvalue weighted by molar-refractivity contribution is 5.95. The maximum atomic E-state index is 13.2. The zero-order chi connectivity index (χ0) is 27.5. The molecule has 0 amide bonds. The molecule has 3 aromatic carbocycles. The molecule has 12 nitrogen and oxygen atoms in total. The van der Waals surface area contributed by atoms with Crippen LogP contribution in [0.1, 0.15) is 41.6 Å². The summed E-state index contributed by atoms with van der Waals surface area (Å²) in [6.45, 7) is 0.107. The zero-order valence-electron chi connectivity index (χ0n) is 20.9. The summed E-state index contributed by atoms with van der Waals surface area (Å²) in [4.78, 5) is 34.7. The SMILES string of the molecule is COc1ccc(C(=O)Oc2nn(Cc3cccc([N+](=O)[O-])c3)c3ccc([N+](=O)[O-])cc23)cc1OC1CCCC1. The third-order valence-electron chi connectivity index (χ3n) is 6.55. The average molecular weight is 533 g/mol. The number of ether oxygens (including phenoxy) is 3. The molecular formula is C27H24N4O8. The van der Waals surface area contributed by atoms with Gasteiger partial charge in [0.2, 0.25) is 5.88 Å². The number of esters is 1. The number of aromatic nitrogens is 2. The van der Waals surface area contributed by atoms with Gasteiger partial charge in [-0.1, -0.05) is 12.1 Å². The third kappa shape index (κ3) is 5.49. The van der Waals surface area contributed by atoms with Crippen LogP contribution in [-0.4, -0.2) is 38.8 Å². The second kappa shape index (κ2) is 10.8. The van der Waals surface area contributed by atoms with Crippen molar-refractivity contribution in [2.75, 3.05) is 7.11 Å². The van der Waals surface area contributed by atoms with Gasteiger partial charge in [0.1, 0.15) is 0 Å². The molecule has 0 unspecified atom stereocenters. The van der Waals surface area contributed by atoms with Crippen molar-refractivity contribution in [1.29, 1.82) is 0 Å². The van der Waals surface area contributed by atoms with Gasteiger partial charge in [-0.3, -0.25) is 24.9 Å². The van der Waals surface area contributed by atoms with Crippen LogP contribution in [0.2, 0.25) is 0 Å². The van der Waals surface area contributed by atoms with Crippen molar-refractivity contribution in [3.05, 3.63) is 92.0 Å². The number of non-ortho nitro benzene ring substituents is 2. The summed E-state index contributed by atoms with van der Waals surface area (Å²) in [7, 11) is 1.52. The fourth-order valence-corrected chi connectivity index (χ4v) is 4.62. The number of nitro benzene ring substituents is 2. The first-order chi connectivity index (χ1) is 18.8. The fraction of sp³-hybridized carbons (Fsp3) is 0.259. The number of methoxy groups -OCH3 is 1. The Morgan fingerprint density at radius 3 is 2.44 bits per heavy atom. The van der Waals surface area contributed by atoms with Crippen molar-refractivity contribution in [3.63, 3.8) is 0 Å². The van der Waals surface area contributed by atoms with Crippen LogP contribution in [0.5, 0.6) is 17.4 Å². The molecule has 200 valence electrons. The highest BCUT2D eigenvalue weighted by Gasteiger charge is 2.23. The first-order valence-corrected chi connectivity index (χ1v) is 12.3. The number of nitrogens with zero attached hydrogens (tertiary/aromatic N) is 4. The van der Waals surface area contributed by atoms with Gasteiger partial charge in [0.25, 0.3) is 11.4 Å². The van der Waals surface area contributed by atoms with Gasteiger partial charge in [-0.25, -0.2) is 4.79 Å². The number of hydrogen-bond acceptors (Lipinski definition) is 9. The van der Waals surface area contributed by atoms with Gasteiger partial charge in [0.15, 0.2) is 11.5 Å². The van der Waals surface area contributed by atoms with Crippen molar-refractivity contribution in [2.24, 2.45) is 0 Å². The number of carbonyl (C=O) groups excluding carboxylic acids is 1. The van der Waals surface area contributed by atoms with E-state index in [0.29, 0.717) is 22.6 Å². The summed E-state index contributed by atoms with van der Waals surface area (Å²) in [6, 6.07) is 14.8. The van der Waals surface area contributed by atoms with E-state index in [1.165, 1.54) is 48.2 Å². The molecule has 1 heterocycles. The number of carbonyl (C=O) groups is 1. The van der Waals surface area contributed by atoms with E-state index in [4.69, 9.17) is 14.2 Å². The Morgan fingerprint density at radius 2 is 1.72 bits per heavy atom. The Bertz CT molecular complexity index is 1580. The van der Waals surface area contributed by atoms with Crippen LogP contribution >= 0.6 is 0 Å². The van der Waals surface area contributed by atoms with Gasteiger partial charge in [0.05, 0.1) is 46.1 Å². The fourth-order valence-electron chi connectivity index (χ4n) is 4.62.